The van der Waals surface area contributed by atoms with E-state index in [0.29, 0.717) is 10.0 Å². The fraction of sp³-hybridized carbons (Fsp3) is 0. The minimum absolute atomic E-state index is 0.0690. The number of hydrogen-bond donors (Lipinski definition) is 1. The van der Waals surface area contributed by atoms with Gasteiger partial charge in [-0.2, -0.15) is 0 Å². The molecule has 0 saturated carbocycles. The molecule has 0 aliphatic carbocycles. The third-order valence-electron chi connectivity index (χ3n) is 1.66. The topological polar surface area (TPSA) is 49.7 Å². The summed E-state index contributed by atoms with van der Waals surface area (Å²) in [6, 6.07) is 2.94. The molecule has 0 atom stereocenters. The molecule has 1 aromatic carbocycles. The Morgan fingerprint density at radius 1 is 1.42 bits per heavy atom. The van der Waals surface area contributed by atoms with Crippen LogP contribution in [-0.4, -0.2) is 17.2 Å². The largest absolute Gasteiger partial charge is 0.508 e. The molecule has 1 amide bonds. The van der Waals surface area contributed by atoms with Crippen molar-refractivity contribution in [2.45, 2.75) is 0 Å². The van der Waals surface area contributed by atoms with Gasteiger partial charge in [-0.05, 0) is 28.1 Å². The van der Waals surface area contributed by atoms with Crippen LogP contribution in [0.25, 0.3) is 0 Å². The molecule has 0 radical (unpaired) electrons. The van der Waals surface area contributed by atoms with Crippen LogP contribution in [0.1, 0.15) is 15.9 Å². The minimum atomic E-state index is -0.304. The molecule has 0 aromatic heterocycles. The van der Waals surface area contributed by atoms with E-state index >= 15 is 0 Å². The number of rotatable bonds is 0. The van der Waals surface area contributed by atoms with Crippen LogP contribution in [0.15, 0.2) is 21.6 Å². The van der Waals surface area contributed by atoms with Crippen molar-refractivity contribution >= 4 is 28.1 Å². The fourth-order valence-electron chi connectivity index (χ4n) is 1.10. The van der Waals surface area contributed by atoms with Gasteiger partial charge < -0.3 is 5.11 Å². The first kappa shape index (κ1) is 7.49. The molecule has 12 heavy (non-hydrogen) atoms. The van der Waals surface area contributed by atoms with Crippen LogP contribution >= 0.6 is 15.9 Å². The van der Waals surface area contributed by atoms with Gasteiger partial charge in [0.2, 0.25) is 0 Å². The van der Waals surface area contributed by atoms with E-state index in [1.165, 1.54) is 18.3 Å². The average Bonchev–Trinajstić information content (AvgIpc) is 2.33. The highest BCUT2D eigenvalue weighted by molar-refractivity contribution is 9.10. The Bertz CT molecular complexity index is 398. The van der Waals surface area contributed by atoms with Crippen molar-refractivity contribution in [1.29, 1.82) is 0 Å². The molecule has 0 bridgehead atoms. The zero-order valence-electron chi connectivity index (χ0n) is 5.91. The zero-order valence-corrected chi connectivity index (χ0v) is 7.50. The first-order valence-electron chi connectivity index (χ1n) is 3.29. The van der Waals surface area contributed by atoms with E-state index in [4.69, 9.17) is 5.11 Å². The monoisotopic (exact) mass is 225 g/mol. The molecule has 0 unspecified atom stereocenters. The van der Waals surface area contributed by atoms with Crippen LogP contribution in [0.5, 0.6) is 5.75 Å². The second-order valence-electron chi connectivity index (χ2n) is 2.45. The number of phenolic OH excluding ortho intramolecular Hbond substituents is 1. The molecule has 1 aliphatic rings. The maximum Gasteiger partial charge on any atom is 0.277 e. The lowest BCUT2D eigenvalue weighted by Crippen LogP contribution is -1.91. The van der Waals surface area contributed by atoms with E-state index in [2.05, 4.69) is 20.9 Å². The number of aromatic hydroxyl groups is 1. The lowest BCUT2D eigenvalue weighted by Gasteiger charge is -1.99. The summed E-state index contributed by atoms with van der Waals surface area (Å²) < 4.78 is 0.687. The number of carbonyl (C=O) groups excluding carboxylic acids is 1. The van der Waals surface area contributed by atoms with E-state index in [9.17, 15) is 4.79 Å². The van der Waals surface area contributed by atoms with Gasteiger partial charge in [-0.1, -0.05) is 0 Å². The Morgan fingerprint density at radius 3 is 2.92 bits per heavy atom. The number of hydrogen-bond acceptors (Lipinski definition) is 2. The molecule has 1 N–H and O–H groups in total. The molecule has 0 saturated heterocycles. The number of benzene rings is 1. The summed E-state index contributed by atoms with van der Waals surface area (Å²) in [7, 11) is 0. The van der Waals surface area contributed by atoms with E-state index in [1.807, 2.05) is 0 Å². The number of halogens is 1. The maximum atomic E-state index is 11.0. The number of fused-ring (bicyclic) bond motifs is 1. The van der Waals surface area contributed by atoms with Crippen molar-refractivity contribution < 1.29 is 9.90 Å². The third-order valence-corrected chi connectivity index (χ3v) is 2.31. The SMILES string of the molecule is O=C1N=Cc2c(Br)cc(O)cc21. The summed E-state index contributed by atoms with van der Waals surface area (Å²) in [5.74, 6) is -0.235. The predicted molar refractivity (Wildman–Crippen MR) is 47.7 cm³/mol. The first-order chi connectivity index (χ1) is 5.68. The summed E-state index contributed by atoms with van der Waals surface area (Å²) in [6.45, 7) is 0. The summed E-state index contributed by atoms with van der Waals surface area (Å²) >= 11 is 3.22. The Kier molecular flexibility index (Phi) is 1.51. The van der Waals surface area contributed by atoms with Gasteiger partial charge in [0.15, 0.2) is 0 Å². The smallest absolute Gasteiger partial charge is 0.277 e. The Morgan fingerprint density at radius 2 is 2.17 bits per heavy atom. The normalized spacial score (nSPS) is 13.6. The predicted octanol–water partition coefficient (Wildman–Crippen LogP) is 1.73. The number of nitrogens with zero attached hydrogens (tertiary/aromatic N) is 1. The van der Waals surface area contributed by atoms with E-state index < -0.39 is 0 Å². The van der Waals surface area contributed by atoms with Gasteiger partial charge >= 0.3 is 0 Å². The van der Waals surface area contributed by atoms with Crippen molar-refractivity contribution in [2.75, 3.05) is 0 Å². The minimum Gasteiger partial charge on any atom is -0.508 e. The molecule has 60 valence electrons. The van der Waals surface area contributed by atoms with Gasteiger partial charge in [0.05, 0.1) is 5.56 Å². The summed E-state index contributed by atoms with van der Waals surface area (Å²) in [4.78, 5) is 14.6. The summed E-state index contributed by atoms with van der Waals surface area (Å²) in [5.41, 5.74) is 1.18. The van der Waals surface area contributed by atoms with Gasteiger partial charge in [-0.15, -0.1) is 0 Å². The first-order valence-corrected chi connectivity index (χ1v) is 4.08. The van der Waals surface area contributed by atoms with Crippen molar-refractivity contribution in [1.82, 2.24) is 0 Å². The molecular weight excluding hydrogens is 222 g/mol. The molecule has 1 aliphatic heterocycles. The number of carbonyl (C=O) groups is 1. The fourth-order valence-corrected chi connectivity index (χ4v) is 1.65. The van der Waals surface area contributed by atoms with E-state index in [1.54, 1.807) is 0 Å². The van der Waals surface area contributed by atoms with E-state index in [-0.39, 0.29) is 11.7 Å². The number of phenols is 1. The number of aliphatic imine (C=N–C) groups is 1. The van der Waals surface area contributed by atoms with Gasteiger partial charge in [-0.25, -0.2) is 4.99 Å². The van der Waals surface area contributed by atoms with E-state index in [0.717, 1.165) is 5.56 Å². The van der Waals surface area contributed by atoms with Crippen LogP contribution in [0, 0.1) is 0 Å². The van der Waals surface area contributed by atoms with Crippen LogP contribution in [0.3, 0.4) is 0 Å². The highest BCUT2D eigenvalue weighted by Crippen LogP contribution is 2.28. The molecular formula is C8H4BrNO2. The van der Waals surface area contributed by atoms with Gasteiger partial charge in [0.1, 0.15) is 5.75 Å². The second kappa shape index (κ2) is 2.42. The van der Waals surface area contributed by atoms with Gasteiger partial charge in [-0.3, -0.25) is 4.79 Å². The Labute approximate surface area is 76.9 Å². The highest BCUT2D eigenvalue weighted by Gasteiger charge is 2.18. The standard InChI is InChI=1S/C8H4BrNO2/c9-7-2-4(11)1-5-6(7)3-10-8(5)12/h1-3,11H. The van der Waals surface area contributed by atoms with Crippen molar-refractivity contribution in [3.05, 3.63) is 27.7 Å². The zero-order chi connectivity index (χ0) is 8.72. The second-order valence-corrected chi connectivity index (χ2v) is 3.31. The summed E-state index contributed by atoms with van der Waals surface area (Å²) in [5, 5.41) is 9.16. The summed E-state index contributed by atoms with van der Waals surface area (Å²) in [6.07, 6.45) is 1.49. The van der Waals surface area contributed by atoms with Crippen LogP contribution in [0.4, 0.5) is 0 Å². The van der Waals surface area contributed by atoms with Gasteiger partial charge in [0.25, 0.3) is 5.91 Å². The molecule has 3 nitrogen and oxygen atoms in total. The quantitative estimate of drug-likeness (QED) is 0.732. The lowest BCUT2D eigenvalue weighted by atomic mass is 10.1. The number of amides is 1. The molecule has 4 heteroatoms. The molecule has 1 heterocycles. The lowest BCUT2D eigenvalue weighted by molar-refractivity contribution is 0.101. The molecule has 0 spiro atoms. The highest BCUT2D eigenvalue weighted by atomic mass is 79.9. The molecule has 0 fully saturated rings. The third kappa shape index (κ3) is 0.956. The van der Waals surface area contributed by atoms with Crippen molar-refractivity contribution in [3.63, 3.8) is 0 Å². The van der Waals surface area contributed by atoms with Crippen LogP contribution in [-0.2, 0) is 0 Å². The maximum absolute atomic E-state index is 11.0. The average molecular weight is 226 g/mol. The van der Waals surface area contributed by atoms with Crippen molar-refractivity contribution in [3.8, 4) is 5.75 Å². The molecule has 1 aromatic rings. The van der Waals surface area contributed by atoms with Crippen LogP contribution in [0.2, 0.25) is 0 Å². The Balaban J connectivity index is 2.74. The van der Waals surface area contributed by atoms with Gasteiger partial charge in [0, 0.05) is 16.3 Å². The van der Waals surface area contributed by atoms with Crippen molar-refractivity contribution in [2.24, 2.45) is 4.99 Å². The Hall–Kier alpha value is -1.16. The molecule has 2 rings (SSSR count). The van der Waals surface area contributed by atoms with Crippen LogP contribution < -0.4 is 0 Å².